The van der Waals surface area contributed by atoms with Gasteiger partial charge in [-0.3, -0.25) is 0 Å². The molecule has 0 unspecified atom stereocenters. The van der Waals surface area contributed by atoms with E-state index in [0.29, 0.717) is 6.73 Å². The molecule has 1 rings (SSSR count). The molecule has 1 aromatic rings. The summed E-state index contributed by atoms with van der Waals surface area (Å²) in [6.45, 7) is 4.78. The van der Waals surface area contributed by atoms with Gasteiger partial charge in [-0.05, 0) is 28.9 Å². The van der Waals surface area contributed by atoms with Gasteiger partial charge < -0.3 is 4.74 Å². The van der Waals surface area contributed by atoms with Crippen molar-refractivity contribution in [2.24, 2.45) is 0 Å². The SMILES string of the molecule is COC[n+]1cc(Br)cc(C)c1C. The van der Waals surface area contributed by atoms with Crippen LogP contribution in [0.1, 0.15) is 11.3 Å². The molecule has 0 aliphatic heterocycles. The van der Waals surface area contributed by atoms with Gasteiger partial charge in [0.05, 0.1) is 4.47 Å². The van der Waals surface area contributed by atoms with Gasteiger partial charge in [-0.1, -0.05) is 0 Å². The van der Waals surface area contributed by atoms with Crippen LogP contribution in [0, 0.1) is 13.8 Å². The van der Waals surface area contributed by atoms with E-state index >= 15 is 0 Å². The molecular weight excluding hydrogens is 218 g/mol. The van der Waals surface area contributed by atoms with Crippen LogP contribution < -0.4 is 4.57 Å². The molecular formula is C9H13BrNO+. The Morgan fingerprint density at radius 2 is 2.17 bits per heavy atom. The van der Waals surface area contributed by atoms with E-state index in [4.69, 9.17) is 4.74 Å². The normalized spacial score (nSPS) is 10.3. The van der Waals surface area contributed by atoms with E-state index in [9.17, 15) is 0 Å². The first-order valence-corrected chi connectivity index (χ1v) is 4.59. The minimum atomic E-state index is 0.603. The largest absolute Gasteiger partial charge is 0.327 e. The molecule has 0 saturated carbocycles. The van der Waals surface area contributed by atoms with Gasteiger partial charge in [0.1, 0.15) is 0 Å². The van der Waals surface area contributed by atoms with Crippen LogP contribution in [-0.2, 0) is 11.5 Å². The number of aromatic nitrogens is 1. The molecule has 1 aromatic heterocycles. The van der Waals surface area contributed by atoms with Gasteiger partial charge >= 0.3 is 0 Å². The summed E-state index contributed by atoms with van der Waals surface area (Å²) in [6, 6.07) is 2.10. The predicted molar refractivity (Wildman–Crippen MR) is 50.8 cm³/mol. The second kappa shape index (κ2) is 4.01. The van der Waals surface area contributed by atoms with Gasteiger partial charge in [0.25, 0.3) is 6.73 Å². The first kappa shape index (κ1) is 9.68. The van der Waals surface area contributed by atoms with Crippen molar-refractivity contribution < 1.29 is 9.30 Å². The number of hydrogen-bond acceptors (Lipinski definition) is 1. The summed E-state index contributed by atoms with van der Waals surface area (Å²) in [6.07, 6.45) is 2.02. The molecule has 0 aromatic carbocycles. The third kappa shape index (κ3) is 2.05. The van der Waals surface area contributed by atoms with Crippen molar-refractivity contribution in [3.05, 3.63) is 28.0 Å². The Bertz CT molecular complexity index is 286. The van der Waals surface area contributed by atoms with Crippen molar-refractivity contribution in [2.75, 3.05) is 7.11 Å². The fourth-order valence-electron chi connectivity index (χ4n) is 1.09. The van der Waals surface area contributed by atoms with Crippen molar-refractivity contribution in [1.82, 2.24) is 0 Å². The summed E-state index contributed by atoms with van der Waals surface area (Å²) >= 11 is 3.44. The Labute approximate surface area is 81.3 Å². The lowest BCUT2D eigenvalue weighted by atomic mass is 10.2. The van der Waals surface area contributed by atoms with Gasteiger partial charge in [0.15, 0.2) is 11.9 Å². The molecule has 0 radical (unpaired) electrons. The van der Waals surface area contributed by atoms with Gasteiger partial charge in [-0.25, -0.2) is 0 Å². The lowest BCUT2D eigenvalue weighted by molar-refractivity contribution is -0.737. The zero-order valence-electron chi connectivity index (χ0n) is 7.60. The highest BCUT2D eigenvalue weighted by atomic mass is 79.9. The molecule has 2 nitrogen and oxygen atoms in total. The zero-order valence-corrected chi connectivity index (χ0v) is 9.18. The fourth-order valence-corrected chi connectivity index (χ4v) is 1.68. The molecule has 12 heavy (non-hydrogen) atoms. The molecule has 0 aliphatic rings. The molecule has 0 amide bonds. The van der Waals surface area contributed by atoms with E-state index in [0.717, 1.165) is 4.47 Å². The van der Waals surface area contributed by atoms with Crippen LogP contribution in [0.3, 0.4) is 0 Å². The molecule has 66 valence electrons. The Balaban J connectivity index is 3.09. The smallest absolute Gasteiger partial charge is 0.252 e. The highest BCUT2D eigenvalue weighted by Gasteiger charge is 2.09. The second-order valence-electron chi connectivity index (χ2n) is 2.81. The number of halogens is 1. The lowest BCUT2D eigenvalue weighted by Gasteiger charge is -2.02. The second-order valence-corrected chi connectivity index (χ2v) is 3.73. The van der Waals surface area contributed by atoms with Crippen molar-refractivity contribution in [1.29, 1.82) is 0 Å². The Morgan fingerprint density at radius 3 is 2.75 bits per heavy atom. The summed E-state index contributed by atoms with van der Waals surface area (Å²) in [5.74, 6) is 0. The summed E-state index contributed by atoms with van der Waals surface area (Å²) in [5.41, 5.74) is 2.50. The third-order valence-corrected chi connectivity index (χ3v) is 2.34. The molecule has 0 fully saturated rings. The van der Waals surface area contributed by atoms with Crippen molar-refractivity contribution in [3.63, 3.8) is 0 Å². The number of pyridine rings is 1. The molecule has 1 heterocycles. The highest BCUT2D eigenvalue weighted by molar-refractivity contribution is 9.10. The van der Waals surface area contributed by atoms with E-state index in [1.54, 1.807) is 7.11 Å². The third-order valence-electron chi connectivity index (χ3n) is 1.90. The summed E-state index contributed by atoms with van der Waals surface area (Å²) in [7, 11) is 1.70. The van der Waals surface area contributed by atoms with E-state index < -0.39 is 0 Å². The van der Waals surface area contributed by atoms with Crippen molar-refractivity contribution in [3.8, 4) is 0 Å². The Kier molecular flexibility index (Phi) is 3.23. The minimum Gasteiger partial charge on any atom is -0.327 e. The summed E-state index contributed by atoms with van der Waals surface area (Å²) in [4.78, 5) is 0. The van der Waals surface area contributed by atoms with Crippen LogP contribution in [0.4, 0.5) is 0 Å². The van der Waals surface area contributed by atoms with Gasteiger partial charge in [-0.15, -0.1) is 0 Å². The first-order chi connectivity index (χ1) is 5.65. The fraction of sp³-hybridized carbons (Fsp3) is 0.444. The Hall–Kier alpha value is -0.410. The first-order valence-electron chi connectivity index (χ1n) is 3.80. The number of nitrogens with zero attached hydrogens (tertiary/aromatic N) is 1. The number of hydrogen-bond donors (Lipinski definition) is 0. The van der Waals surface area contributed by atoms with Crippen LogP contribution in [-0.4, -0.2) is 7.11 Å². The monoisotopic (exact) mass is 230 g/mol. The van der Waals surface area contributed by atoms with Crippen LogP contribution in [0.15, 0.2) is 16.7 Å². The summed E-state index contributed by atoms with van der Waals surface area (Å²) < 4.78 is 8.22. The van der Waals surface area contributed by atoms with Gasteiger partial charge in [-0.2, -0.15) is 4.57 Å². The van der Waals surface area contributed by atoms with E-state index in [1.165, 1.54) is 11.3 Å². The molecule has 0 spiro atoms. The number of ether oxygens (including phenoxy) is 1. The van der Waals surface area contributed by atoms with E-state index in [2.05, 4.69) is 40.4 Å². The van der Waals surface area contributed by atoms with Gasteiger partial charge in [0.2, 0.25) is 0 Å². The standard InChI is InChI=1S/C9H13BrNO/c1-7-4-9(10)5-11(6-12-3)8(7)2/h4-5H,6H2,1-3H3/q+1. The average Bonchev–Trinajstić information content (AvgIpc) is 2.00. The lowest BCUT2D eigenvalue weighted by Crippen LogP contribution is -2.38. The molecule has 0 aliphatic carbocycles. The topological polar surface area (TPSA) is 13.1 Å². The average molecular weight is 231 g/mol. The van der Waals surface area contributed by atoms with Gasteiger partial charge in [0, 0.05) is 19.6 Å². The van der Waals surface area contributed by atoms with E-state index in [1.807, 2.05) is 6.20 Å². The molecule has 0 atom stereocenters. The molecule has 0 saturated heterocycles. The predicted octanol–water partition coefficient (Wildman–Crippen LogP) is 1.96. The van der Waals surface area contributed by atoms with Crippen LogP contribution in [0.5, 0.6) is 0 Å². The van der Waals surface area contributed by atoms with Crippen LogP contribution >= 0.6 is 15.9 Å². The number of methoxy groups -OCH3 is 1. The van der Waals surface area contributed by atoms with E-state index in [-0.39, 0.29) is 0 Å². The maximum absolute atomic E-state index is 5.06. The van der Waals surface area contributed by atoms with Crippen molar-refractivity contribution >= 4 is 15.9 Å². The summed E-state index contributed by atoms with van der Waals surface area (Å²) in [5, 5.41) is 0. The minimum absolute atomic E-state index is 0.603. The number of rotatable bonds is 2. The molecule has 3 heteroatoms. The quantitative estimate of drug-likeness (QED) is 0.709. The molecule has 0 N–H and O–H groups in total. The maximum atomic E-state index is 5.06. The molecule has 0 bridgehead atoms. The van der Waals surface area contributed by atoms with Crippen LogP contribution in [0.2, 0.25) is 0 Å². The highest BCUT2D eigenvalue weighted by Crippen LogP contribution is 2.10. The zero-order chi connectivity index (χ0) is 9.14. The Morgan fingerprint density at radius 1 is 1.50 bits per heavy atom. The van der Waals surface area contributed by atoms with Crippen LogP contribution in [0.25, 0.3) is 0 Å². The number of aryl methyl sites for hydroxylation is 1. The maximum Gasteiger partial charge on any atom is 0.252 e. The van der Waals surface area contributed by atoms with Crippen molar-refractivity contribution in [2.45, 2.75) is 20.6 Å².